The number of thiophene rings is 1. The van der Waals surface area contributed by atoms with Crippen LogP contribution in [0.3, 0.4) is 0 Å². The third-order valence-electron chi connectivity index (χ3n) is 4.54. The number of carbonyl (C=O) groups excluding carboxylic acids is 2. The van der Waals surface area contributed by atoms with Crippen LogP contribution in [0.2, 0.25) is 0 Å². The first-order valence-electron chi connectivity index (χ1n) is 9.10. The molecule has 3 rings (SSSR count). The van der Waals surface area contributed by atoms with Gasteiger partial charge in [0, 0.05) is 11.9 Å². The van der Waals surface area contributed by atoms with Crippen LogP contribution in [0.4, 0.5) is 5.82 Å². The molecule has 1 amide bonds. The van der Waals surface area contributed by atoms with Gasteiger partial charge in [0.15, 0.2) is 5.78 Å². The van der Waals surface area contributed by atoms with Crippen LogP contribution in [-0.4, -0.2) is 16.3 Å². The Bertz CT molecular complexity index is 910. The molecule has 1 N–H and O–H groups in total. The van der Waals surface area contributed by atoms with Crippen molar-refractivity contribution in [3.05, 3.63) is 52.2 Å². The molecule has 0 spiro atoms. The van der Waals surface area contributed by atoms with Crippen molar-refractivity contribution in [1.82, 2.24) is 4.57 Å². The van der Waals surface area contributed by atoms with E-state index in [0.29, 0.717) is 16.3 Å². The second-order valence-corrected chi connectivity index (χ2v) is 7.39. The highest BCUT2D eigenvalue weighted by atomic mass is 32.1. The number of rotatable bonds is 8. The van der Waals surface area contributed by atoms with Gasteiger partial charge in [-0.1, -0.05) is 50.5 Å². The van der Waals surface area contributed by atoms with E-state index in [-0.39, 0.29) is 11.7 Å². The highest BCUT2D eigenvalue weighted by Gasteiger charge is 2.22. The lowest BCUT2D eigenvalue weighted by Crippen LogP contribution is -2.16. The smallest absolute Gasteiger partial charge is 0.266 e. The molecule has 0 radical (unpaired) electrons. The molecule has 0 bridgehead atoms. The number of nitrogens with zero attached hydrogens (tertiary/aromatic N) is 1. The van der Waals surface area contributed by atoms with Crippen LogP contribution in [0.1, 0.15) is 59.6 Å². The number of Topliss-reactive ketones (excluding diaryl/α,β-unsaturated/α-hetero) is 1. The van der Waals surface area contributed by atoms with Gasteiger partial charge in [-0.3, -0.25) is 9.59 Å². The van der Waals surface area contributed by atoms with Gasteiger partial charge in [-0.05, 0) is 30.9 Å². The van der Waals surface area contributed by atoms with Crippen molar-refractivity contribution in [2.24, 2.45) is 0 Å². The Morgan fingerprint density at radius 1 is 1.08 bits per heavy atom. The Morgan fingerprint density at radius 3 is 2.58 bits per heavy atom. The molecule has 0 aliphatic rings. The van der Waals surface area contributed by atoms with Gasteiger partial charge in [0.25, 0.3) is 5.91 Å². The van der Waals surface area contributed by atoms with E-state index in [1.165, 1.54) is 24.2 Å². The van der Waals surface area contributed by atoms with Gasteiger partial charge in [0.1, 0.15) is 5.82 Å². The molecule has 1 aromatic carbocycles. The highest BCUT2D eigenvalue weighted by Crippen LogP contribution is 2.32. The molecule has 4 nitrogen and oxygen atoms in total. The predicted octanol–water partition coefficient (Wildman–Crippen LogP) is 5.74. The summed E-state index contributed by atoms with van der Waals surface area (Å²) in [5.74, 6) is 0.420. The van der Waals surface area contributed by atoms with E-state index in [0.717, 1.165) is 30.3 Å². The molecule has 0 aliphatic heterocycles. The third-order valence-corrected chi connectivity index (χ3v) is 5.40. The number of anilines is 1. The van der Waals surface area contributed by atoms with E-state index in [2.05, 4.69) is 16.8 Å². The number of nitrogens with one attached hydrogen (secondary N) is 1. The quantitative estimate of drug-likeness (QED) is 0.407. The fourth-order valence-corrected chi connectivity index (χ4v) is 3.91. The summed E-state index contributed by atoms with van der Waals surface area (Å²) in [4.78, 5) is 25.6. The standard InChI is InChI=1S/C21H24N2O2S/c1-3-4-5-8-13-23-17-11-7-6-10-16(17)19(15(2)24)20(23)22-21(25)18-12-9-14-26-18/h6-7,9-12,14H,3-5,8,13H2,1-2H3,(H,22,25). The maximum atomic E-state index is 12.6. The van der Waals surface area contributed by atoms with Gasteiger partial charge in [-0.15, -0.1) is 11.3 Å². The second kappa shape index (κ2) is 8.32. The fourth-order valence-electron chi connectivity index (χ4n) is 3.30. The van der Waals surface area contributed by atoms with Crippen molar-refractivity contribution in [2.45, 2.75) is 46.1 Å². The number of fused-ring (bicyclic) bond motifs is 1. The van der Waals surface area contributed by atoms with Gasteiger partial charge in [0.2, 0.25) is 0 Å². The largest absolute Gasteiger partial charge is 0.327 e. The van der Waals surface area contributed by atoms with Crippen LogP contribution in [-0.2, 0) is 6.54 Å². The third kappa shape index (κ3) is 3.73. The molecule has 0 aliphatic carbocycles. The van der Waals surface area contributed by atoms with E-state index in [1.54, 1.807) is 13.0 Å². The summed E-state index contributed by atoms with van der Waals surface area (Å²) in [5, 5.41) is 5.78. The van der Waals surface area contributed by atoms with Crippen LogP contribution in [0.15, 0.2) is 41.8 Å². The van der Waals surface area contributed by atoms with Crippen LogP contribution in [0.5, 0.6) is 0 Å². The molecule has 2 aromatic heterocycles. The number of hydrogen-bond donors (Lipinski definition) is 1. The zero-order chi connectivity index (χ0) is 18.5. The number of ketones is 1. The fraction of sp³-hybridized carbons (Fsp3) is 0.333. The summed E-state index contributed by atoms with van der Waals surface area (Å²) in [6, 6.07) is 11.5. The van der Waals surface area contributed by atoms with E-state index in [1.807, 2.05) is 35.7 Å². The van der Waals surface area contributed by atoms with E-state index < -0.39 is 0 Å². The maximum Gasteiger partial charge on any atom is 0.266 e. The van der Waals surface area contributed by atoms with Crippen LogP contribution in [0.25, 0.3) is 10.9 Å². The lowest BCUT2D eigenvalue weighted by atomic mass is 10.1. The number of benzene rings is 1. The Kier molecular flexibility index (Phi) is 5.89. The van der Waals surface area contributed by atoms with E-state index in [4.69, 9.17) is 0 Å². The first-order chi connectivity index (χ1) is 12.6. The summed E-state index contributed by atoms with van der Waals surface area (Å²) >= 11 is 1.40. The predicted molar refractivity (Wildman–Crippen MR) is 108 cm³/mol. The summed E-state index contributed by atoms with van der Waals surface area (Å²) in [6.45, 7) is 4.53. The lowest BCUT2D eigenvalue weighted by Gasteiger charge is -2.12. The first kappa shape index (κ1) is 18.4. The molecular formula is C21H24N2O2S. The Hall–Kier alpha value is -2.40. The van der Waals surface area contributed by atoms with Gasteiger partial charge in [-0.25, -0.2) is 0 Å². The first-order valence-corrected chi connectivity index (χ1v) is 9.98. The van der Waals surface area contributed by atoms with Gasteiger partial charge in [-0.2, -0.15) is 0 Å². The van der Waals surface area contributed by atoms with Crippen molar-refractivity contribution in [2.75, 3.05) is 5.32 Å². The summed E-state index contributed by atoms with van der Waals surface area (Å²) in [6.07, 6.45) is 4.52. The summed E-state index contributed by atoms with van der Waals surface area (Å²) < 4.78 is 2.09. The number of carbonyl (C=O) groups is 2. The molecule has 136 valence electrons. The van der Waals surface area contributed by atoms with Crippen LogP contribution < -0.4 is 5.32 Å². The number of amides is 1. The molecule has 0 atom stereocenters. The number of para-hydroxylation sites is 1. The number of hydrogen-bond acceptors (Lipinski definition) is 3. The van der Waals surface area contributed by atoms with Crippen molar-refractivity contribution in [3.8, 4) is 0 Å². The zero-order valence-electron chi connectivity index (χ0n) is 15.2. The second-order valence-electron chi connectivity index (χ2n) is 6.44. The molecule has 2 heterocycles. The van der Waals surface area contributed by atoms with E-state index >= 15 is 0 Å². The SMILES string of the molecule is CCCCCCn1c(NC(=O)c2cccs2)c(C(C)=O)c2ccccc21. The monoisotopic (exact) mass is 368 g/mol. The highest BCUT2D eigenvalue weighted by molar-refractivity contribution is 7.12. The van der Waals surface area contributed by atoms with Crippen molar-refractivity contribution >= 4 is 39.7 Å². The van der Waals surface area contributed by atoms with Gasteiger partial charge in [0.05, 0.1) is 16.0 Å². The molecular weight excluding hydrogens is 344 g/mol. The number of unbranched alkanes of at least 4 members (excludes halogenated alkanes) is 3. The Morgan fingerprint density at radius 2 is 1.88 bits per heavy atom. The van der Waals surface area contributed by atoms with E-state index in [9.17, 15) is 9.59 Å². The number of aryl methyl sites for hydroxylation is 1. The molecule has 0 saturated heterocycles. The van der Waals surface area contributed by atoms with Crippen LogP contribution >= 0.6 is 11.3 Å². The average Bonchev–Trinajstić information content (AvgIpc) is 3.25. The van der Waals surface area contributed by atoms with Gasteiger partial charge >= 0.3 is 0 Å². The summed E-state index contributed by atoms with van der Waals surface area (Å²) in [5.41, 5.74) is 1.59. The van der Waals surface area contributed by atoms with Crippen molar-refractivity contribution in [1.29, 1.82) is 0 Å². The molecule has 0 unspecified atom stereocenters. The topological polar surface area (TPSA) is 51.1 Å². The molecule has 5 heteroatoms. The lowest BCUT2D eigenvalue weighted by molar-refractivity contribution is 0.102. The molecule has 26 heavy (non-hydrogen) atoms. The molecule has 0 saturated carbocycles. The maximum absolute atomic E-state index is 12.6. The normalized spacial score (nSPS) is 11.0. The van der Waals surface area contributed by atoms with Crippen molar-refractivity contribution in [3.63, 3.8) is 0 Å². The summed E-state index contributed by atoms with van der Waals surface area (Å²) in [7, 11) is 0. The number of aromatic nitrogens is 1. The molecule has 0 fully saturated rings. The van der Waals surface area contributed by atoms with Gasteiger partial charge < -0.3 is 9.88 Å². The minimum absolute atomic E-state index is 0.0324. The van der Waals surface area contributed by atoms with Crippen molar-refractivity contribution < 1.29 is 9.59 Å². The zero-order valence-corrected chi connectivity index (χ0v) is 16.1. The van der Waals surface area contributed by atoms with Crippen LogP contribution in [0, 0.1) is 0 Å². The minimum atomic E-state index is -0.167. The average molecular weight is 369 g/mol. The Labute approximate surface area is 157 Å². The molecule has 3 aromatic rings. The minimum Gasteiger partial charge on any atom is -0.327 e. The Balaban J connectivity index is 2.03.